The third-order valence-corrected chi connectivity index (χ3v) is 4.18. The Bertz CT molecular complexity index is 502. The van der Waals surface area contributed by atoms with Crippen LogP contribution in [0.4, 0.5) is 0 Å². The van der Waals surface area contributed by atoms with Gasteiger partial charge in [-0.15, -0.1) is 0 Å². The third-order valence-electron chi connectivity index (χ3n) is 4.18. The molecule has 2 amide bonds. The van der Waals surface area contributed by atoms with E-state index in [0.29, 0.717) is 13.1 Å². The van der Waals surface area contributed by atoms with Gasteiger partial charge in [-0.25, -0.2) is 0 Å². The molecule has 3 rings (SSSR count). The maximum absolute atomic E-state index is 12.6. The number of nitrogens with one attached hydrogen (secondary N) is 1. The normalized spacial score (nSPS) is 23.1. The lowest BCUT2D eigenvalue weighted by Gasteiger charge is -2.34. The largest absolute Gasteiger partial charge is 0.353 e. The Balaban J connectivity index is 1.74. The number of rotatable bonds is 1. The Morgan fingerprint density at radius 1 is 1.26 bits per heavy atom. The van der Waals surface area contributed by atoms with E-state index in [0.717, 1.165) is 12.8 Å². The Morgan fingerprint density at radius 2 is 1.89 bits per heavy atom. The van der Waals surface area contributed by atoms with E-state index in [-0.39, 0.29) is 23.8 Å². The molecule has 0 bridgehead atoms. The highest BCUT2D eigenvalue weighted by Crippen LogP contribution is 2.28. The fourth-order valence-corrected chi connectivity index (χ4v) is 3.05. The average molecular weight is 258 g/mol. The molecule has 1 saturated heterocycles. The number of amides is 2. The summed E-state index contributed by atoms with van der Waals surface area (Å²) in [6.45, 7) is 2.99. The van der Waals surface area contributed by atoms with Gasteiger partial charge in [-0.2, -0.15) is 0 Å². The quantitative estimate of drug-likeness (QED) is 0.808. The summed E-state index contributed by atoms with van der Waals surface area (Å²) in [4.78, 5) is 25.9. The first-order valence-electron chi connectivity index (χ1n) is 6.82. The van der Waals surface area contributed by atoms with Crippen LogP contribution in [0.25, 0.3) is 0 Å². The highest BCUT2D eigenvalue weighted by atomic mass is 16.2. The standard InChI is InChI=1S/C15H18N2O2/c1-10-14(18)16-6-7-17(10)15(19)13-8-11-4-2-3-5-12(11)9-13/h2-5,10,13H,6-9H2,1H3,(H,16,18). The van der Waals surface area contributed by atoms with Crippen molar-refractivity contribution in [3.63, 3.8) is 0 Å². The number of nitrogens with zero attached hydrogens (tertiary/aromatic N) is 1. The molecular weight excluding hydrogens is 240 g/mol. The van der Waals surface area contributed by atoms with E-state index in [1.165, 1.54) is 11.1 Å². The number of hydrogen-bond acceptors (Lipinski definition) is 2. The van der Waals surface area contributed by atoms with Crippen LogP contribution in [0, 0.1) is 5.92 Å². The molecule has 1 aromatic carbocycles. The SMILES string of the molecule is CC1C(=O)NCCN1C(=O)C1Cc2ccccc2C1. The smallest absolute Gasteiger partial charge is 0.242 e. The molecule has 100 valence electrons. The minimum atomic E-state index is -0.343. The summed E-state index contributed by atoms with van der Waals surface area (Å²) < 4.78 is 0. The van der Waals surface area contributed by atoms with Gasteiger partial charge >= 0.3 is 0 Å². The van der Waals surface area contributed by atoms with E-state index < -0.39 is 0 Å². The molecule has 1 fully saturated rings. The minimum absolute atomic E-state index is 0.00532. The number of hydrogen-bond donors (Lipinski definition) is 1. The topological polar surface area (TPSA) is 49.4 Å². The monoisotopic (exact) mass is 258 g/mol. The Kier molecular flexibility index (Phi) is 3.01. The molecular formula is C15H18N2O2. The second-order valence-corrected chi connectivity index (χ2v) is 5.37. The predicted molar refractivity (Wildman–Crippen MR) is 71.5 cm³/mol. The molecule has 0 aromatic heterocycles. The Morgan fingerprint density at radius 3 is 2.53 bits per heavy atom. The summed E-state index contributed by atoms with van der Waals surface area (Å²) >= 11 is 0. The maximum atomic E-state index is 12.6. The van der Waals surface area contributed by atoms with E-state index >= 15 is 0 Å². The molecule has 2 aliphatic rings. The number of fused-ring (bicyclic) bond motifs is 1. The zero-order valence-corrected chi connectivity index (χ0v) is 11.1. The zero-order chi connectivity index (χ0) is 13.4. The van der Waals surface area contributed by atoms with Crippen LogP contribution in [-0.4, -0.2) is 35.8 Å². The van der Waals surface area contributed by atoms with Gasteiger partial charge in [-0.1, -0.05) is 24.3 Å². The maximum Gasteiger partial charge on any atom is 0.242 e. The fraction of sp³-hybridized carbons (Fsp3) is 0.467. The summed E-state index contributed by atoms with van der Waals surface area (Å²) in [6.07, 6.45) is 1.61. The molecule has 0 saturated carbocycles. The van der Waals surface area contributed by atoms with Crippen molar-refractivity contribution in [1.82, 2.24) is 10.2 Å². The molecule has 0 spiro atoms. The predicted octanol–water partition coefficient (Wildman–Crippen LogP) is 0.748. The molecule has 1 unspecified atom stereocenters. The lowest BCUT2D eigenvalue weighted by atomic mass is 10.0. The summed E-state index contributed by atoms with van der Waals surface area (Å²) in [5.74, 6) is 0.0828. The minimum Gasteiger partial charge on any atom is -0.353 e. The molecule has 4 nitrogen and oxygen atoms in total. The van der Waals surface area contributed by atoms with E-state index in [1.54, 1.807) is 11.8 Å². The van der Waals surface area contributed by atoms with Gasteiger partial charge in [0.15, 0.2) is 0 Å². The van der Waals surface area contributed by atoms with Crippen molar-refractivity contribution < 1.29 is 9.59 Å². The highest BCUT2D eigenvalue weighted by Gasteiger charge is 2.35. The zero-order valence-electron chi connectivity index (χ0n) is 11.1. The lowest BCUT2D eigenvalue weighted by molar-refractivity contribution is -0.145. The van der Waals surface area contributed by atoms with E-state index in [2.05, 4.69) is 17.4 Å². The molecule has 1 aromatic rings. The Labute approximate surface area is 112 Å². The lowest BCUT2D eigenvalue weighted by Crippen LogP contribution is -2.57. The number of benzene rings is 1. The van der Waals surface area contributed by atoms with E-state index in [4.69, 9.17) is 0 Å². The van der Waals surface area contributed by atoms with Crippen molar-refractivity contribution in [2.75, 3.05) is 13.1 Å². The van der Waals surface area contributed by atoms with Crippen LogP contribution in [0.3, 0.4) is 0 Å². The molecule has 4 heteroatoms. The van der Waals surface area contributed by atoms with Crippen molar-refractivity contribution in [2.24, 2.45) is 5.92 Å². The number of piperazine rings is 1. The van der Waals surface area contributed by atoms with Gasteiger partial charge in [0.2, 0.25) is 11.8 Å². The van der Waals surface area contributed by atoms with Crippen LogP contribution in [-0.2, 0) is 22.4 Å². The van der Waals surface area contributed by atoms with Gasteiger partial charge in [0.1, 0.15) is 6.04 Å². The summed E-state index contributed by atoms with van der Waals surface area (Å²) in [7, 11) is 0. The third kappa shape index (κ3) is 2.11. The van der Waals surface area contributed by atoms with Crippen molar-refractivity contribution in [3.05, 3.63) is 35.4 Å². The molecule has 1 atom stereocenters. The van der Waals surface area contributed by atoms with Crippen LogP contribution < -0.4 is 5.32 Å². The van der Waals surface area contributed by atoms with Crippen LogP contribution >= 0.6 is 0 Å². The average Bonchev–Trinajstić information content (AvgIpc) is 2.85. The van der Waals surface area contributed by atoms with Crippen LogP contribution in [0.1, 0.15) is 18.1 Å². The molecule has 0 radical (unpaired) electrons. The Hall–Kier alpha value is -1.84. The highest BCUT2D eigenvalue weighted by molar-refractivity contribution is 5.89. The first-order valence-corrected chi connectivity index (χ1v) is 6.82. The van der Waals surface area contributed by atoms with Gasteiger partial charge in [-0.3, -0.25) is 9.59 Å². The molecule has 19 heavy (non-hydrogen) atoms. The molecule has 1 N–H and O–H groups in total. The molecule has 1 heterocycles. The first kappa shape index (κ1) is 12.2. The van der Waals surface area contributed by atoms with Crippen molar-refractivity contribution in [2.45, 2.75) is 25.8 Å². The van der Waals surface area contributed by atoms with Gasteiger partial charge < -0.3 is 10.2 Å². The van der Waals surface area contributed by atoms with Gasteiger partial charge in [0, 0.05) is 19.0 Å². The van der Waals surface area contributed by atoms with E-state index in [1.807, 2.05) is 12.1 Å². The van der Waals surface area contributed by atoms with Crippen molar-refractivity contribution in [1.29, 1.82) is 0 Å². The number of carbonyl (C=O) groups excluding carboxylic acids is 2. The van der Waals surface area contributed by atoms with Gasteiger partial charge in [0.25, 0.3) is 0 Å². The van der Waals surface area contributed by atoms with Crippen molar-refractivity contribution >= 4 is 11.8 Å². The summed E-state index contributed by atoms with van der Waals surface area (Å²) in [5.41, 5.74) is 2.55. The molecule has 1 aliphatic heterocycles. The van der Waals surface area contributed by atoms with Gasteiger partial charge in [0.05, 0.1) is 0 Å². The first-order chi connectivity index (χ1) is 9.16. The van der Waals surface area contributed by atoms with E-state index in [9.17, 15) is 9.59 Å². The number of carbonyl (C=O) groups is 2. The van der Waals surface area contributed by atoms with Crippen LogP contribution in [0.2, 0.25) is 0 Å². The summed E-state index contributed by atoms with van der Waals surface area (Å²) in [6, 6.07) is 7.87. The van der Waals surface area contributed by atoms with Crippen molar-refractivity contribution in [3.8, 4) is 0 Å². The van der Waals surface area contributed by atoms with Gasteiger partial charge in [-0.05, 0) is 30.9 Å². The fourth-order valence-electron chi connectivity index (χ4n) is 3.05. The van der Waals surface area contributed by atoms with Crippen LogP contribution in [0.15, 0.2) is 24.3 Å². The summed E-state index contributed by atoms with van der Waals surface area (Å²) in [5, 5.41) is 2.79. The molecule has 1 aliphatic carbocycles. The second kappa shape index (κ2) is 4.68. The second-order valence-electron chi connectivity index (χ2n) is 5.37. The van der Waals surface area contributed by atoms with Crippen LogP contribution in [0.5, 0.6) is 0 Å².